The summed E-state index contributed by atoms with van der Waals surface area (Å²) < 4.78 is 1.59. The van der Waals surface area contributed by atoms with Gasteiger partial charge >= 0.3 is 0 Å². The van der Waals surface area contributed by atoms with Gasteiger partial charge in [0.25, 0.3) is 0 Å². The van der Waals surface area contributed by atoms with E-state index in [1.165, 1.54) is 11.3 Å². The summed E-state index contributed by atoms with van der Waals surface area (Å²) in [5, 5.41) is 3.54. The molecule has 1 aromatic rings. The van der Waals surface area contributed by atoms with Crippen molar-refractivity contribution in [2.75, 3.05) is 13.1 Å². The summed E-state index contributed by atoms with van der Waals surface area (Å²) in [4.78, 5) is 2.47. The van der Waals surface area contributed by atoms with Gasteiger partial charge in [-0.2, -0.15) is 0 Å². The molecule has 96 valence electrons. The smallest absolute Gasteiger partial charge is 0.0991 e. The zero-order valence-electron chi connectivity index (χ0n) is 10.3. The Kier molecular flexibility index (Phi) is 4.37. The summed E-state index contributed by atoms with van der Waals surface area (Å²) in [6.45, 7) is 8.74. The Bertz CT molecular complexity index is 384. The third-order valence-electron chi connectivity index (χ3n) is 3.27. The molecule has 1 aromatic heterocycles. The molecule has 0 spiro atoms. The summed E-state index contributed by atoms with van der Waals surface area (Å²) in [7, 11) is 0. The van der Waals surface area contributed by atoms with Crippen molar-refractivity contribution < 1.29 is 0 Å². The summed E-state index contributed by atoms with van der Waals surface area (Å²) in [5.74, 6) is 0. The molecule has 0 amide bonds. The zero-order chi connectivity index (χ0) is 12.6. The van der Waals surface area contributed by atoms with Gasteiger partial charge in [-0.1, -0.05) is 23.2 Å². The van der Waals surface area contributed by atoms with E-state index in [2.05, 4.69) is 31.0 Å². The second-order valence-electron chi connectivity index (χ2n) is 4.88. The molecule has 17 heavy (non-hydrogen) atoms. The number of halogens is 2. The number of rotatable bonds is 2. The quantitative estimate of drug-likeness (QED) is 0.892. The fourth-order valence-corrected chi connectivity index (χ4v) is 4.15. The number of nitrogens with one attached hydrogen (secondary N) is 1. The molecule has 1 fully saturated rings. The lowest BCUT2D eigenvalue weighted by atomic mass is 10.1. The van der Waals surface area contributed by atoms with Gasteiger partial charge in [0, 0.05) is 36.8 Å². The second-order valence-corrected chi connectivity index (χ2v) is 7.16. The lowest BCUT2D eigenvalue weighted by molar-refractivity contribution is 0.131. The van der Waals surface area contributed by atoms with Gasteiger partial charge in [0.2, 0.25) is 0 Å². The van der Waals surface area contributed by atoms with E-state index in [0.717, 1.165) is 27.3 Å². The standard InChI is InChI=1S/C12H18Cl2N2S/c1-7-5-16(6-8(2)15-7)9(3)10-4-11(13)17-12(10)14/h4,7-9,15H,5-6H2,1-3H3. The number of thiophene rings is 1. The minimum atomic E-state index is 0.332. The van der Waals surface area contributed by atoms with Gasteiger partial charge in [0.1, 0.15) is 0 Å². The van der Waals surface area contributed by atoms with E-state index in [1.54, 1.807) is 0 Å². The molecular formula is C12H18Cl2N2S. The highest BCUT2D eigenvalue weighted by Gasteiger charge is 2.27. The molecule has 0 radical (unpaired) electrons. The molecule has 0 saturated carbocycles. The van der Waals surface area contributed by atoms with Crippen LogP contribution in [0.2, 0.25) is 8.67 Å². The minimum absolute atomic E-state index is 0.332. The predicted molar refractivity (Wildman–Crippen MR) is 76.4 cm³/mol. The van der Waals surface area contributed by atoms with Crippen molar-refractivity contribution in [1.29, 1.82) is 0 Å². The molecule has 0 bridgehead atoms. The Morgan fingerprint density at radius 3 is 2.41 bits per heavy atom. The maximum Gasteiger partial charge on any atom is 0.0991 e. The maximum absolute atomic E-state index is 6.22. The van der Waals surface area contributed by atoms with Gasteiger partial charge < -0.3 is 5.32 Å². The Morgan fingerprint density at radius 1 is 1.35 bits per heavy atom. The average Bonchev–Trinajstić information content (AvgIpc) is 2.55. The van der Waals surface area contributed by atoms with E-state index in [0.29, 0.717) is 18.1 Å². The topological polar surface area (TPSA) is 15.3 Å². The SMILES string of the molecule is CC1CN(C(C)c2cc(Cl)sc2Cl)CC(C)N1. The van der Waals surface area contributed by atoms with Crippen molar-refractivity contribution in [2.24, 2.45) is 0 Å². The van der Waals surface area contributed by atoms with E-state index in [4.69, 9.17) is 23.2 Å². The normalized spacial score (nSPS) is 28.3. The number of piperazine rings is 1. The van der Waals surface area contributed by atoms with Gasteiger partial charge in [-0.05, 0) is 26.8 Å². The third kappa shape index (κ3) is 3.15. The van der Waals surface area contributed by atoms with Crippen LogP contribution in [0.5, 0.6) is 0 Å². The van der Waals surface area contributed by atoms with Crippen LogP contribution >= 0.6 is 34.5 Å². The van der Waals surface area contributed by atoms with Crippen molar-refractivity contribution in [2.45, 2.75) is 38.9 Å². The van der Waals surface area contributed by atoms with E-state index in [9.17, 15) is 0 Å². The Hall–Kier alpha value is 0.200. The van der Waals surface area contributed by atoms with E-state index in [-0.39, 0.29) is 0 Å². The minimum Gasteiger partial charge on any atom is -0.309 e. The molecule has 2 heterocycles. The highest BCUT2D eigenvalue weighted by molar-refractivity contribution is 7.20. The highest BCUT2D eigenvalue weighted by Crippen LogP contribution is 2.37. The van der Waals surface area contributed by atoms with Crippen molar-refractivity contribution in [1.82, 2.24) is 10.2 Å². The molecule has 1 aliphatic heterocycles. The van der Waals surface area contributed by atoms with Gasteiger partial charge in [-0.25, -0.2) is 0 Å². The molecular weight excluding hydrogens is 275 g/mol. The Labute approximate surface area is 117 Å². The Morgan fingerprint density at radius 2 is 1.94 bits per heavy atom. The first-order chi connectivity index (χ1) is 7.97. The first kappa shape index (κ1) is 13.6. The molecule has 3 atom stereocenters. The monoisotopic (exact) mass is 292 g/mol. The molecule has 3 unspecified atom stereocenters. The summed E-state index contributed by atoms with van der Waals surface area (Å²) in [6.07, 6.45) is 0. The summed E-state index contributed by atoms with van der Waals surface area (Å²) in [5.41, 5.74) is 1.16. The van der Waals surface area contributed by atoms with Gasteiger partial charge in [-0.3, -0.25) is 4.90 Å². The van der Waals surface area contributed by atoms with Crippen LogP contribution in [0.4, 0.5) is 0 Å². The van der Waals surface area contributed by atoms with E-state index >= 15 is 0 Å². The first-order valence-electron chi connectivity index (χ1n) is 5.92. The van der Waals surface area contributed by atoms with Crippen LogP contribution in [-0.2, 0) is 0 Å². The van der Waals surface area contributed by atoms with E-state index < -0.39 is 0 Å². The molecule has 0 aromatic carbocycles. The van der Waals surface area contributed by atoms with Crippen LogP contribution in [-0.4, -0.2) is 30.1 Å². The van der Waals surface area contributed by atoms with Crippen molar-refractivity contribution in [3.63, 3.8) is 0 Å². The highest BCUT2D eigenvalue weighted by atomic mass is 35.5. The Balaban J connectivity index is 2.14. The molecule has 1 aliphatic rings. The van der Waals surface area contributed by atoms with Crippen LogP contribution in [0.15, 0.2) is 6.07 Å². The first-order valence-corrected chi connectivity index (χ1v) is 7.49. The molecule has 1 N–H and O–H groups in total. The number of hydrogen-bond donors (Lipinski definition) is 1. The number of nitrogens with zero attached hydrogens (tertiary/aromatic N) is 1. The van der Waals surface area contributed by atoms with Crippen molar-refractivity contribution >= 4 is 34.5 Å². The van der Waals surface area contributed by atoms with Crippen molar-refractivity contribution in [3.8, 4) is 0 Å². The maximum atomic E-state index is 6.22. The van der Waals surface area contributed by atoms with Gasteiger partial charge in [-0.15, -0.1) is 11.3 Å². The van der Waals surface area contributed by atoms with Crippen LogP contribution < -0.4 is 5.32 Å². The summed E-state index contributed by atoms with van der Waals surface area (Å²) in [6, 6.07) is 3.37. The molecule has 5 heteroatoms. The lowest BCUT2D eigenvalue weighted by Crippen LogP contribution is -2.54. The third-order valence-corrected chi connectivity index (χ3v) is 4.78. The van der Waals surface area contributed by atoms with Crippen LogP contribution in [0.1, 0.15) is 32.4 Å². The second kappa shape index (κ2) is 5.45. The van der Waals surface area contributed by atoms with E-state index in [1.807, 2.05) is 6.07 Å². The molecule has 2 rings (SSSR count). The van der Waals surface area contributed by atoms with Gasteiger partial charge in [0.15, 0.2) is 0 Å². The van der Waals surface area contributed by atoms with Crippen LogP contribution in [0.3, 0.4) is 0 Å². The van der Waals surface area contributed by atoms with Crippen LogP contribution in [0, 0.1) is 0 Å². The molecule has 0 aliphatic carbocycles. The summed E-state index contributed by atoms with van der Waals surface area (Å²) >= 11 is 13.7. The fourth-order valence-electron chi connectivity index (χ4n) is 2.52. The van der Waals surface area contributed by atoms with Gasteiger partial charge in [0.05, 0.1) is 8.67 Å². The average molecular weight is 293 g/mol. The number of hydrogen-bond acceptors (Lipinski definition) is 3. The largest absolute Gasteiger partial charge is 0.309 e. The molecule has 2 nitrogen and oxygen atoms in total. The lowest BCUT2D eigenvalue weighted by Gasteiger charge is -2.39. The fraction of sp³-hybridized carbons (Fsp3) is 0.667. The predicted octanol–water partition coefficient (Wildman–Crippen LogP) is 3.80. The zero-order valence-corrected chi connectivity index (χ0v) is 12.7. The van der Waals surface area contributed by atoms with Crippen LogP contribution in [0.25, 0.3) is 0 Å². The van der Waals surface area contributed by atoms with Crippen molar-refractivity contribution in [3.05, 3.63) is 20.3 Å². The molecule has 1 saturated heterocycles.